The van der Waals surface area contributed by atoms with Crippen LogP contribution in [-0.4, -0.2) is 59.8 Å². The van der Waals surface area contributed by atoms with Gasteiger partial charge in [-0.3, -0.25) is 0 Å². The molecule has 0 atom stereocenters. The highest BCUT2D eigenvalue weighted by molar-refractivity contribution is 5.82. The van der Waals surface area contributed by atoms with Crippen LogP contribution < -0.4 is 9.64 Å². The summed E-state index contributed by atoms with van der Waals surface area (Å²) in [6.07, 6.45) is 3.79. The Morgan fingerprint density at radius 1 is 1.04 bits per heavy atom. The Hall–Kier alpha value is -2.60. The largest absolute Gasteiger partial charge is 0.496 e. The number of fused-ring (bicyclic) bond motifs is 1. The Bertz CT molecular complexity index is 941. The number of benzene rings is 1. The van der Waals surface area contributed by atoms with E-state index in [0.29, 0.717) is 5.92 Å². The number of anilines is 1. The molecule has 0 amide bonds. The summed E-state index contributed by atoms with van der Waals surface area (Å²) in [5.74, 6) is 2.39. The van der Waals surface area contributed by atoms with Crippen molar-refractivity contribution in [3.8, 4) is 16.9 Å². The molecule has 1 fully saturated rings. The molecule has 0 spiro atoms. The minimum atomic E-state index is 0.449. The SMILES string of the molecule is COc1ccc(C(C)C)cc1-c1cnn2c(N3CCN(C)CC3)ccnc12. The Morgan fingerprint density at radius 2 is 1.81 bits per heavy atom. The van der Waals surface area contributed by atoms with Crippen molar-refractivity contribution < 1.29 is 4.74 Å². The average molecular weight is 365 g/mol. The molecule has 6 heteroatoms. The van der Waals surface area contributed by atoms with Crippen LogP contribution in [0, 0.1) is 0 Å². The molecule has 0 bridgehead atoms. The topological polar surface area (TPSA) is 45.9 Å². The van der Waals surface area contributed by atoms with Crippen molar-refractivity contribution in [3.63, 3.8) is 0 Å². The summed E-state index contributed by atoms with van der Waals surface area (Å²) in [6.45, 7) is 8.51. The lowest BCUT2D eigenvalue weighted by Crippen LogP contribution is -2.45. The number of rotatable bonds is 4. The molecule has 142 valence electrons. The summed E-state index contributed by atoms with van der Waals surface area (Å²) in [6, 6.07) is 8.42. The van der Waals surface area contributed by atoms with Crippen LogP contribution in [0.2, 0.25) is 0 Å². The lowest BCUT2D eigenvalue weighted by atomic mass is 9.97. The Balaban J connectivity index is 1.81. The van der Waals surface area contributed by atoms with E-state index in [1.807, 2.05) is 23.0 Å². The van der Waals surface area contributed by atoms with Gasteiger partial charge < -0.3 is 14.5 Å². The van der Waals surface area contributed by atoms with Gasteiger partial charge in [-0.25, -0.2) is 4.98 Å². The van der Waals surface area contributed by atoms with Gasteiger partial charge in [-0.05, 0) is 36.7 Å². The highest BCUT2D eigenvalue weighted by Gasteiger charge is 2.20. The van der Waals surface area contributed by atoms with Crippen LogP contribution in [0.25, 0.3) is 16.8 Å². The van der Waals surface area contributed by atoms with Gasteiger partial charge in [0.1, 0.15) is 11.6 Å². The fourth-order valence-electron chi connectivity index (χ4n) is 3.64. The minimum absolute atomic E-state index is 0.449. The zero-order chi connectivity index (χ0) is 19.0. The molecule has 0 aliphatic carbocycles. The molecule has 1 saturated heterocycles. The highest BCUT2D eigenvalue weighted by atomic mass is 16.5. The van der Waals surface area contributed by atoms with Crippen LogP contribution in [0.3, 0.4) is 0 Å². The normalized spacial score (nSPS) is 15.7. The van der Waals surface area contributed by atoms with Gasteiger partial charge in [0.25, 0.3) is 0 Å². The van der Waals surface area contributed by atoms with Crippen molar-refractivity contribution in [2.75, 3.05) is 45.2 Å². The molecule has 0 N–H and O–H groups in total. The first-order valence-electron chi connectivity index (χ1n) is 9.53. The van der Waals surface area contributed by atoms with Gasteiger partial charge in [0, 0.05) is 37.9 Å². The van der Waals surface area contributed by atoms with E-state index in [0.717, 1.165) is 54.5 Å². The summed E-state index contributed by atoms with van der Waals surface area (Å²) in [5, 5.41) is 4.68. The standard InChI is InChI=1S/C21H27N5O/c1-15(2)16-5-6-19(27-4)17(13-16)18-14-23-26-20(7-8-22-21(18)26)25-11-9-24(3)10-12-25/h5-8,13-15H,9-12H2,1-4H3. The summed E-state index contributed by atoms with van der Waals surface area (Å²) >= 11 is 0. The van der Waals surface area contributed by atoms with E-state index in [1.54, 1.807) is 7.11 Å². The fourth-order valence-corrected chi connectivity index (χ4v) is 3.64. The predicted molar refractivity (Wildman–Crippen MR) is 109 cm³/mol. The highest BCUT2D eigenvalue weighted by Crippen LogP contribution is 2.35. The molecule has 1 aliphatic rings. The van der Waals surface area contributed by atoms with Crippen LogP contribution in [0.1, 0.15) is 25.3 Å². The molecule has 4 rings (SSSR count). The fraction of sp³-hybridized carbons (Fsp3) is 0.429. The molecular weight excluding hydrogens is 338 g/mol. The smallest absolute Gasteiger partial charge is 0.165 e. The van der Waals surface area contributed by atoms with Crippen molar-refractivity contribution in [2.45, 2.75) is 19.8 Å². The minimum Gasteiger partial charge on any atom is -0.496 e. The van der Waals surface area contributed by atoms with Gasteiger partial charge in [0.05, 0.1) is 18.9 Å². The number of hydrogen-bond donors (Lipinski definition) is 0. The Morgan fingerprint density at radius 3 is 2.52 bits per heavy atom. The second-order valence-electron chi connectivity index (χ2n) is 7.50. The summed E-state index contributed by atoms with van der Waals surface area (Å²) in [4.78, 5) is 9.38. The van der Waals surface area contributed by atoms with Crippen molar-refractivity contribution >= 4 is 11.5 Å². The molecule has 1 aromatic carbocycles. The molecule has 0 radical (unpaired) electrons. The third-order valence-electron chi connectivity index (χ3n) is 5.39. The van der Waals surface area contributed by atoms with Crippen molar-refractivity contribution in [1.29, 1.82) is 0 Å². The van der Waals surface area contributed by atoms with E-state index in [9.17, 15) is 0 Å². The second kappa shape index (κ2) is 7.19. The molecule has 27 heavy (non-hydrogen) atoms. The van der Waals surface area contributed by atoms with Crippen molar-refractivity contribution in [3.05, 3.63) is 42.2 Å². The molecule has 0 unspecified atom stereocenters. The molecule has 1 aliphatic heterocycles. The third-order valence-corrected chi connectivity index (χ3v) is 5.39. The maximum Gasteiger partial charge on any atom is 0.165 e. The zero-order valence-electron chi connectivity index (χ0n) is 16.5. The monoisotopic (exact) mass is 365 g/mol. The van der Waals surface area contributed by atoms with E-state index in [4.69, 9.17) is 4.74 Å². The average Bonchev–Trinajstić information content (AvgIpc) is 3.12. The first-order chi connectivity index (χ1) is 13.1. The number of methoxy groups -OCH3 is 1. The van der Waals surface area contributed by atoms with E-state index in [-0.39, 0.29) is 0 Å². The van der Waals surface area contributed by atoms with E-state index < -0.39 is 0 Å². The van der Waals surface area contributed by atoms with Crippen molar-refractivity contribution in [2.24, 2.45) is 0 Å². The van der Waals surface area contributed by atoms with Gasteiger partial charge in [0.15, 0.2) is 5.65 Å². The van der Waals surface area contributed by atoms with Crippen molar-refractivity contribution in [1.82, 2.24) is 19.5 Å². The lowest BCUT2D eigenvalue weighted by Gasteiger charge is -2.33. The number of piperazine rings is 1. The molecule has 6 nitrogen and oxygen atoms in total. The third kappa shape index (κ3) is 3.25. The Labute approximate surface area is 160 Å². The summed E-state index contributed by atoms with van der Waals surface area (Å²) in [7, 11) is 3.88. The molecule has 3 heterocycles. The maximum absolute atomic E-state index is 5.63. The predicted octanol–water partition coefficient (Wildman–Crippen LogP) is 3.28. The number of likely N-dealkylation sites (N-methyl/N-ethyl adjacent to an activating group) is 1. The molecule has 0 saturated carbocycles. The Kier molecular flexibility index (Phi) is 4.74. The molecule has 2 aromatic heterocycles. The van der Waals surface area contributed by atoms with Gasteiger partial charge in [0.2, 0.25) is 0 Å². The van der Waals surface area contributed by atoms with E-state index in [1.165, 1.54) is 5.56 Å². The van der Waals surface area contributed by atoms with Crippen LogP contribution >= 0.6 is 0 Å². The summed E-state index contributed by atoms with van der Waals surface area (Å²) in [5.41, 5.74) is 4.19. The van der Waals surface area contributed by atoms with Gasteiger partial charge in [-0.1, -0.05) is 19.9 Å². The van der Waals surface area contributed by atoms with Gasteiger partial charge in [-0.15, -0.1) is 0 Å². The van der Waals surface area contributed by atoms with Gasteiger partial charge >= 0.3 is 0 Å². The van der Waals surface area contributed by atoms with Gasteiger partial charge in [-0.2, -0.15) is 9.61 Å². The molecular formula is C21H27N5O. The first-order valence-corrected chi connectivity index (χ1v) is 9.53. The van der Waals surface area contributed by atoms with E-state index in [2.05, 4.69) is 59.0 Å². The number of ether oxygens (including phenoxy) is 1. The maximum atomic E-state index is 5.63. The van der Waals surface area contributed by atoms with Crippen LogP contribution in [-0.2, 0) is 0 Å². The van der Waals surface area contributed by atoms with E-state index >= 15 is 0 Å². The molecule has 3 aromatic rings. The second-order valence-corrected chi connectivity index (χ2v) is 7.50. The number of hydrogen-bond acceptors (Lipinski definition) is 5. The zero-order valence-corrected chi connectivity index (χ0v) is 16.5. The van der Waals surface area contributed by atoms with Crippen LogP contribution in [0.15, 0.2) is 36.7 Å². The summed E-state index contributed by atoms with van der Waals surface area (Å²) < 4.78 is 7.59. The lowest BCUT2D eigenvalue weighted by molar-refractivity contribution is 0.311. The number of nitrogens with zero attached hydrogens (tertiary/aromatic N) is 5. The quantitative estimate of drug-likeness (QED) is 0.710. The first kappa shape index (κ1) is 17.8. The number of aromatic nitrogens is 3. The van der Waals surface area contributed by atoms with Crippen LogP contribution in [0.5, 0.6) is 5.75 Å². The van der Waals surface area contributed by atoms with Crippen LogP contribution in [0.4, 0.5) is 5.82 Å².